The van der Waals surface area contributed by atoms with E-state index in [4.69, 9.17) is 4.74 Å². The van der Waals surface area contributed by atoms with Crippen LogP contribution in [0, 0.1) is 17.8 Å². The van der Waals surface area contributed by atoms with E-state index in [-0.39, 0.29) is 36.8 Å². The maximum Gasteiger partial charge on any atom is 0.329 e. The smallest absolute Gasteiger partial charge is 0.329 e. The third-order valence-corrected chi connectivity index (χ3v) is 13.0. The van der Waals surface area contributed by atoms with E-state index in [9.17, 15) is 58.8 Å². The number of aliphatic hydroxyl groups excluding tert-OH is 3. The van der Waals surface area contributed by atoms with Crippen molar-refractivity contribution >= 4 is 47.3 Å². The van der Waals surface area contributed by atoms with Crippen LogP contribution >= 0.6 is 0 Å². The quantitative estimate of drug-likeness (QED) is 0.0333. The van der Waals surface area contributed by atoms with Gasteiger partial charge in [0.1, 0.15) is 36.5 Å². The van der Waals surface area contributed by atoms with Crippen molar-refractivity contribution in [2.45, 2.75) is 167 Å². The molecule has 7 amide bonds. The van der Waals surface area contributed by atoms with Crippen LogP contribution in [0.15, 0.2) is 78.9 Å². The van der Waals surface area contributed by atoms with Gasteiger partial charge in [-0.15, -0.1) is 0 Å². The molecular formula is C56H83N7O13. The molecule has 0 radical (unpaired) electrons. The molecule has 0 fully saturated rings. The highest BCUT2D eigenvalue weighted by molar-refractivity contribution is 5.95. The Morgan fingerprint density at radius 1 is 0.750 bits per heavy atom. The lowest BCUT2D eigenvalue weighted by Gasteiger charge is -2.32. The van der Waals surface area contributed by atoms with Crippen LogP contribution in [0.4, 0.5) is 0 Å². The van der Waals surface area contributed by atoms with Gasteiger partial charge in [0.15, 0.2) is 0 Å². The lowest BCUT2D eigenvalue weighted by atomic mass is 9.97. The fourth-order valence-electron chi connectivity index (χ4n) is 8.36. The summed E-state index contributed by atoms with van der Waals surface area (Å²) in [7, 11) is 1.42. The molecule has 0 spiro atoms. The molecular weight excluding hydrogens is 979 g/mol. The number of likely N-dealkylation sites (N-methyl/N-ethyl adjacent to an activating group) is 1. The Hall–Kier alpha value is -6.64. The van der Waals surface area contributed by atoms with Gasteiger partial charge in [-0.25, -0.2) is 4.79 Å². The number of hydrogen-bond donors (Lipinski definition) is 10. The van der Waals surface area contributed by atoms with E-state index in [1.54, 1.807) is 59.8 Å². The van der Waals surface area contributed by atoms with Gasteiger partial charge in [0, 0.05) is 26.0 Å². The molecule has 2 aromatic rings. The molecule has 20 nitrogen and oxygen atoms in total. The van der Waals surface area contributed by atoms with E-state index in [1.807, 2.05) is 36.4 Å². The molecule has 9 unspecified atom stereocenters. The zero-order valence-corrected chi connectivity index (χ0v) is 45.3. The topological polar surface area (TPSA) is 302 Å². The van der Waals surface area contributed by atoms with Crippen LogP contribution in [0.5, 0.6) is 5.75 Å². The number of phenols is 1. The normalized spacial score (nSPS) is 19.3. The van der Waals surface area contributed by atoms with Crippen LogP contribution < -0.4 is 31.9 Å². The molecule has 10 N–H and O–H groups in total. The molecule has 20 heteroatoms. The van der Waals surface area contributed by atoms with Gasteiger partial charge >= 0.3 is 5.97 Å². The fraction of sp³-hybridized carbons (Fsp3) is 0.571. The van der Waals surface area contributed by atoms with Crippen molar-refractivity contribution < 1.29 is 63.5 Å². The Balaban J connectivity index is 1.67. The van der Waals surface area contributed by atoms with Crippen molar-refractivity contribution in [2.75, 3.05) is 20.3 Å². The summed E-state index contributed by atoms with van der Waals surface area (Å²) in [4.78, 5) is 109. The van der Waals surface area contributed by atoms with Crippen LogP contribution in [-0.2, 0) is 55.9 Å². The second-order valence-electron chi connectivity index (χ2n) is 20.5. The molecule has 1 aliphatic rings. The summed E-state index contributed by atoms with van der Waals surface area (Å²) in [5.41, 5.74) is 1.42. The van der Waals surface area contributed by atoms with Crippen LogP contribution in [0.3, 0.4) is 0 Å². The summed E-state index contributed by atoms with van der Waals surface area (Å²) in [5.74, 6) is -6.87. The average Bonchev–Trinajstić information content (AvgIpc) is 3.37. The first-order chi connectivity index (χ1) is 36.0. The van der Waals surface area contributed by atoms with Crippen molar-refractivity contribution in [1.82, 2.24) is 36.8 Å². The highest BCUT2D eigenvalue weighted by atomic mass is 16.5. The molecule has 0 saturated heterocycles. The standard InChI is InChI=1S/C56H83N7O13/c1-9-10-11-12-13-14-18-21-46(68)58-41(28-37-19-16-15-17-20-37)44(66)30-48(70)62-51(35(4)5)54(73)59-42(32-64)45(67)31-49(71)61-50(34(2)3)53(72)57-39-24-27-47(69)60-52(36(6)7)55(74)63(8)43(56(75)76-33-39)29-38-22-25-40(65)26-23-38/h14-20,22-27,34-36,39,41-45,50-52,64-67H,9-13,21,28-33H2,1-8H3,(H,57,72)(H,58,68)(H,59,73)(H,60,69)(H,61,71)(H,62,70)/b18-14-,27-24+. The number of ether oxygens (including phenoxy) is 1. The zero-order chi connectivity index (χ0) is 56.5. The number of benzene rings is 2. The Bertz CT molecular complexity index is 2260. The maximum atomic E-state index is 13.9. The molecule has 0 bridgehead atoms. The number of unbranched alkanes of at least 4 members (excludes halogenated alkanes) is 4. The zero-order valence-electron chi connectivity index (χ0n) is 45.3. The van der Waals surface area contributed by atoms with E-state index in [2.05, 4.69) is 38.8 Å². The van der Waals surface area contributed by atoms with Crippen molar-refractivity contribution in [3.8, 4) is 5.75 Å². The Morgan fingerprint density at radius 3 is 1.93 bits per heavy atom. The summed E-state index contributed by atoms with van der Waals surface area (Å²) < 4.78 is 5.66. The number of aliphatic hydroxyl groups is 3. The highest BCUT2D eigenvalue weighted by Crippen LogP contribution is 2.18. The SMILES string of the molecule is CCCCCC/C=C\CC(=O)NC(Cc1ccccc1)C(O)CC(=O)NC(C(=O)NC(CO)C(O)CC(=O)NC(C(=O)NC1/C=C/C(=O)NC(C(C)C)C(=O)N(C)C(Cc2ccc(O)cc2)C(=O)OC1)C(C)C)C(C)C. The first-order valence-electron chi connectivity index (χ1n) is 26.4. The van der Waals surface area contributed by atoms with Crippen LogP contribution in [0.1, 0.15) is 111 Å². The number of nitrogens with zero attached hydrogens (tertiary/aromatic N) is 1. The summed E-state index contributed by atoms with van der Waals surface area (Å²) in [6, 6.07) is 7.20. The number of carbonyl (C=O) groups is 8. The first-order valence-corrected chi connectivity index (χ1v) is 26.4. The largest absolute Gasteiger partial charge is 0.508 e. The second kappa shape index (κ2) is 32.7. The predicted octanol–water partition coefficient (Wildman–Crippen LogP) is 2.41. The van der Waals surface area contributed by atoms with Crippen LogP contribution in [-0.4, -0.2) is 147 Å². The molecule has 3 rings (SSSR count). The number of carbonyl (C=O) groups excluding carboxylic acids is 8. The van der Waals surface area contributed by atoms with Crippen molar-refractivity contribution in [2.24, 2.45) is 17.8 Å². The summed E-state index contributed by atoms with van der Waals surface area (Å²) in [6.45, 7) is 10.9. The van der Waals surface area contributed by atoms with Crippen molar-refractivity contribution in [1.29, 1.82) is 0 Å². The molecule has 0 aliphatic carbocycles. The van der Waals surface area contributed by atoms with E-state index in [1.165, 1.54) is 30.2 Å². The molecule has 9 atom stereocenters. The minimum Gasteiger partial charge on any atom is -0.508 e. The van der Waals surface area contributed by atoms with Gasteiger partial charge in [0.05, 0.1) is 49.8 Å². The number of nitrogens with one attached hydrogen (secondary N) is 6. The predicted molar refractivity (Wildman–Crippen MR) is 286 cm³/mol. The lowest BCUT2D eigenvalue weighted by molar-refractivity contribution is -0.156. The van der Waals surface area contributed by atoms with Crippen molar-refractivity contribution in [3.05, 3.63) is 90.0 Å². The van der Waals surface area contributed by atoms with Gasteiger partial charge in [0.25, 0.3) is 0 Å². The summed E-state index contributed by atoms with van der Waals surface area (Å²) in [5, 5.41) is 58.5. The van der Waals surface area contributed by atoms with Gasteiger partial charge in [-0.1, -0.05) is 128 Å². The maximum absolute atomic E-state index is 13.9. The van der Waals surface area contributed by atoms with Crippen LogP contribution in [0.2, 0.25) is 0 Å². The fourth-order valence-corrected chi connectivity index (χ4v) is 8.36. The molecule has 76 heavy (non-hydrogen) atoms. The first kappa shape index (κ1) is 63.7. The molecule has 2 aromatic carbocycles. The monoisotopic (exact) mass is 1060 g/mol. The molecule has 1 aliphatic heterocycles. The summed E-state index contributed by atoms with van der Waals surface area (Å²) in [6.07, 6.45) is 7.51. The van der Waals surface area contributed by atoms with Crippen molar-refractivity contribution in [3.63, 3.8) is 0 Å². The number of hydrogen-bond acceptors (Lipinski definition) is 13. The minimum atomic E-state index is -1.69. The van der Waals surface area contributed by atoms with Gasteiger partial charge in [0.2, 0.25) is 41.4 Å². The van der Waals surface area contributed by atoms with Gasteiger partial charge in [-0.2, -0.15) is 0 Å². The Kier molecular flexibility index (Phi) is 27.4. The number of amides is 7. The van der Waals surface area contributed by atoms with Gasteiger partial charge in [-0.05, 0) is 60.3 Å². The van der Waals surface area contributed by atoms with E-state index in [0.717, 1.165) is 43.7 Å². The number of esters is 1. The molecule has 1 heterocycles. The number of cyclic esters (lactones) is 1. The van der Waals surface area contributed by atoms with Gasteiger partial charge in [-0.3, -0.25) is 33.6 Å². The number of aromatic hydroxyl groups is 1. The molecule has 0 saturated carbocycles. The van der Waals surface area contributed by atoms with E-state index >= 15 is 0 Å². The highest BCUT2D eigenvalue weighted by Gasteiger charge is 2.37. The molecule has 0 aromatic heterocycles. The number of phenolic OH excluding ortho intramolecular Hbond substituents is 1. The molecule has 420 valence electrons. The summed E-state index contributed by atoms with van der Waals surface area (Å²) >= 11 is 0. The minimum absolute atomic E-state index is 0.00171. The average molecular weight is 1060 g/mol. The third kappa shape index (κ3) is 21.9. The Morgan fingerprint density at radius 2 is 1.36 bits per heavy atom. The number of allylic oxidation sites excluding steroid dienone is 1. The van der Waals surface area contributed by atoms with Crippen LogP contribution in [0.25, 0.3) is 0 Å². The van der Waals surface area contributed by atoms with E-state index in [0.29, 0.717) is 5.56 Å². The second-order valence-corrected chi connectivity index (χ2v) is 20.5. The third-order valence-electron chi connectivity index (χ3n) is 13.0. The lowest BCUT2D eigenvalue weighted by Crippen LogP contribution is -2.57. The van der Waals surface area contributed by atoms with E-state index < -0.39 is 134 Å². The Labute approximate surface area is 447 Å². The number of rotatable bonds is 28. The van der Waals surface area contributed by atoms with Gasteiger partial charge < -0.3 is 62.0 Å².